The maximum atomic E-state index is 11.4. The monoisotopic (exact) mass is 239 g/mol. The maximum absolute atomic E-state index is 11.4. The Balaban J connectivity index is 1.66. The van der Waals surface area contributed by atoms with Crippen molar-refractivity contribution in [3.63, 3.8) is 0 Å². The fourth-order valence-electron chi connectivity index (χ4n) is 3.08. The van der Waals surface area contributed by atoms with E-state index in [1.165, 1.54) is 19.3 Å². The molecule has 1 heterocycles. The molecule has 0 aromatic carbocycles. The lowest BCUT2D eigenvalue weighted by Gasteiger charge is -2.33. The van der Waals surface area contributed by atoms with Crippen LogP contribution in [0.25, 0.3) is 0 Å². The third-order valence-corrected chi connectivity index (χ3v) is 4.16. The number of rotatable bonds is 4. The zero-order valence-corrected chi connectivity index (χ0v) is 11.0. The molecule has 3 atom stereocenters. The second kappa shape index (κ2) is 5.71. The van der Waals surface area contributed by atoms with Crippen molar-refractivity contribution in [1.29, 1.82) is 0 Å². The number of nitrogens with zero attached hydrogens (tertiary/aromatic N) is 1. The summed E-state index contributed by atoms with van der Waals surface area (Å²) >= 11 is 0. The Morgan fingerprint density at radius 3 is 2.88 bits per heavy atom. The summed E-state index contributed by atoms with van der Waals surface area (Å²) in [5.41, 5.74) is 0. The Kier molecular flexibility index (Phi) is 4.26. The fourth-order valence-corrected chi connectivity index (χ4v) is 3.08. The molecule has 0 radical (unpaired) electrons. The second-order valence-electron chi connectivity index (χ2n) is 5.68. The van der Waals surface area contributed by atoms with Crippen LogP contribution in [0.3, 0.4) is 0 Å². The number of hydrogen-bond donors (Lipinski definition) is 2. The minimum Gasteiger partial charge on any atom is -0.336 e. The van der Waals surface area contributed by atoms with E-state index in [1.54, 1.807) is 0 Å². The summed E-state index contributed by atoms with van der Waals surface area (Å²) in [6, 6.07) is 0.744. The van der Waals surface area contributed by atoms with Gasteiger partial charge in [0, 0.05) is 32.2 Å². The molecule has 98 valence electrons. The lowest BCUT2D eigenvalue weighted by Crippen LogP contribution is -2.43. The van der Waals surface area contributed by atoms with Gasteiger partial charge in [-0.1, -0.05) is 13.8 Å². The average molecular weight is 239 g/mol. The average Bonchev–Trinajstić information content (AvgIpc) is 2.68. The molecule has 0 spiro atoms. The van der Waals surface area contributed by atoms with Gasteiger partial charge in [-0.25, -0.2) is 4.79 Å². The summed E-state index contributed by atoms with van der Waals surface area (Å²) in [4.78, 5) is 13.2. The molecule has 3 unspecified atom stereocenters. The van der Waals surface area contributed by atoms with Gasteiger partial charge in [0.15, 0.2) is 0 Å². The number of amides is 2. The van der Waals surface area contributed by atoms with Crippen LogP contribution in [0.2, 0.25) is 0 Å². The van der Waals surface area contributed by atoms with Gasteiger partial charge in [0.25, 0.3) is 0 Å². The van der Waals surface area contributed by atoms with Crippen LogP contribution in [0.15, 0.2) is 0 Å². The summed E-state index contributed by atoms with van der Waals surface area (Å²) in [5, 5.41) is 6.45. The molecule has 0 aromatic rings. The van der Waals surface area contributed by atoms with Gasteiger partial charge >= 0.3 is 6.03 Å². The fraction of sp³-hybridized carbons (Fsp3) is 0.923. The minimum absolute atomic E-state index is 0.0946. The highest BCUT2D eigenvalue weighted by Crippen LogP contribution is 2.28. The van der Waals surface area contributed by atoms with Crippen molar-refractivity contribution in [2.75, 3.05) is 26.2 Å². The first-order valence-corrected chi connectivity index (χ1v) is 6.93. The van der Waals surface area contributed by atoms with Crippen molar-refractivity contribution >= 4 is 6.03 Å². The van der Waals surface area contributed by atoms with Crippen LogP contribution in [-0.4, -0.2) is 43.2 Å². The molecule has 0 bridgehead atoms. The first kappa shape index (κ1) is 12.7. The standard InChI is InChI=1S/C13H25N3O/c1-10-3-4-12(11(2)9-10)14-5-7-16-8-6-15-13(16)17/h10-12,14H,3-9H2,1-2H3,(H,15,17). The van der Waals surface area contributed by atoms with Gasteiger partial charge in [-0.15, -0.1) is 0 Å². The van der Waals surface area contributed by atoms with Gasteiger partial charge in [0.05, 0.1) is 0 Å². The molecule has 1 saturated heterocycles. The highest BCUT2D eigenvalue weighted by molar-refractivity contribution is 5.76. The van der Waals surface area contributed by atoms with Gasteiger partial charge in [-0.3, -0.25) is 0 Å². The van der Waals surface area contributed by atoms with E-state index in [-0.39, 0.29) is 6.03 Å². The van der Waals surface area contributed by atoms with E-state index < -0.39 is 0 Å². The third-order valence-electron chi connectivity index (χ3n) is 4.16. The lowest BCUT2D eigenvalue weighted by atomic mass is 9.80. The first-order chi connectivity index (χ1) is 8.16. The Hall–Kier alpha value is -0.770. The van der Waals surface area contributed by atoms with Crippen LogP contribution in [-0.2, 0) is 0 Å². The summed E-state index contributed by atoms with van der Waals surface area (Å²) in [6.45, 7) is 8.12. The van der Waals surface area contributed by atoms with Crippen molar-refractivity contribution in [3.05, 3.63) is 0 Å². The predicted molar refractivity (Wildman–Crippen MR) is 68.9 cm³/mol. The van der Waals surface area contributed by atoms with Crippen LogP contribution in [0.5, 0.6) is 0 Å². The molecular formula is C13H25N3O. The highest BCUT2D eigenvalue weighted by atomic mass is 16.2. The lowest BCUT2D eigenvalue weighted by molar-refractivity contribution is 0.207. The van der Waals surface area contributed by atoms with Gasteiger partial charge in [-0.2, -0.15) is 0 Å². The molecule has 2 fully saturated rings. The first-order valence-electron chi connectivity index (χ1n) is 6.93. The van der Waals surface area contributed by atoms with Gasteiger partial charge in [0.1, 0.15) is 0 Å². The quantitative estimate of drug-likeness (QED) is 0.779. The molecule has 1 aliphatic carbocycles. The van der Waals surface area contributed by atoms with Gasteiger partial charge in [0.2, 0.25) is 0 Å². The van der Waals surface area contributed by atoms with E-state index in [0.717, 1.165) is 38.0 Å². The van der Waals surface area contributed by atoms with Crippen LogP contribution < -0.4 is 10.6 Å². The molecule has 4 heteroatoms. The van der Waals surface area contributed by atoms with E-state index in [0.29, 0.717) is 6.04 Å². The van der Waals surface area contributed by atoms with Gasteiger partial charge < -0.3 is 15.5 Å². The van der Waals surface area contributed by atoms with E-state index in [2.05, 4.69) is 24.5 Å². The summed E-state index contributed by atoms with van der Waals surface area (Å²) < 4.78 is 0. The number of carbonyl (C=O) groups excluding carboxylic acids is 1. The molecule has 2 N–H and O–H groups in total. The summed E-state index contributed by atoms with van der Waals surface area (Å²) in [7, 11) is 0. The van der Waals surface area contributed by atoms with E-state index in [9.17, 15) is 4.79 Å². The highest BCUT2D eigenvalue weighted by Gasteiger charge is 2.25. The topological polar surface area (TPSA) is 44.4 Å². The molecular weight excluding hydrogens is 214 g/mol. The van der Waals surface area contributed by atoms with Crippen LogP contribution in [0, 0.1) is 11.8 Å². The smallest absolute Gasteiger partial charge is 0.317 e. The Morgan fingerprint density at radius 2 is 2.24 bits per heavy atom. The van der Waals surface area contributed by atoms with Crippen LogP contribution in [0.1, 0.15) is 33.1 Å². The molecule has 0 aromatic heterocycles. The number of carbonyl (C=O) groups is 1. The van der Waals surface area contributed by atoms with Crippen molar-refractivity contribution in [3.8, 4) is 0 Å². The van der Waals surface area contributed by atoms with Crippen molar-refractivity contribution in [2.24, 2.45) is 11.8 Å². The number of hydrogen-bond acceptors (Lipinski definition) is 2. The van der Waals surface area contributed by atoms with Crippen molar-refractivity contribution < 1.29 is 4.79 Å². The zero-order valence-electron chi connectivity index (χ0n) is 11.0. The molecule has 1 saturated carbocycles. The van der Waals surface area contributed by atoms with E-state index >= 15 is 0 Å². The molecule has 2 aliphatic rings. The van der Waals surface area contributed by atoms with Crippen molar-refractivity contribution in [1.82, 2.24) is 15.5 Å². The molecule has 2 rings (SSSR count). The maximum Gasteiger partial charge on any atom is 0.317 e. The number of urea groups is 1. The normalized spacial score (nSPS) is 33.9. The summed E-state index contributed by atoms with van der Waals surface area (Å²) in [6.07, 6.45) is 3.96. The summed E-state index contributed by atoms with van der Waals surface area (Å²) in [5.74, 6) is 1.65. The van der Waals surface area contributed by atoms with Gasteiger partial charge in [-0.05, 0) is 31.1 Å². The number of nitrogens with one attached hydrogen (secondary N) is 2. The van der Waals surface area contributed by atoms with Crippen LogP contribution in [0.4, 0.5) is 4.79 Å². The molecule has 4 nitrogen and oxygen atoms in total. The third kappa shape index (κ3) is 3.35. The molecule has 1 aliphatic heterocycles. The minimum atomic E-state index is 0.0946. The second-order valence-corrected chi connectivity index (χ2v) is 5.68. The SMILES string of the molecule is CC1CCC(NCCN2CCNC2=O)C(C)C1. The Morgan fingerprint density at radius 1 is 1.41 bits per heavy atom. The van der Waals surface area contributed by atoms with E-state index in [4.69, 9.17) is 0 Å². The Labute approximate surface area is 104 Å². The van der Waals surface area contributed by atoms with E-state index in [1.807, 2.05) is 4.90 Å². The van der Waals surface area contributed by atoms with Crippen LogP contribution >= 0.6 is 0 Å². The largest absolute Gasteiger partial charge is 0.336 e. The van der Waals surface area contributed by atoms with Crippen molar-refractivity contribution in [2.45, 2.75) is 39.2 Å². The molecule has 2 amide bonds. The zero-order chi connectivity index (χ0) is 12.3. The molecule has 17 heavy (non-hydrogen) atoms. The Bertz CT molecular complexity index is 269. The predicted octanol–water partition coefficient (Wildman–Crippen LogP) is 1.43.